The highest BCUT2D eigenvalue weighted by Gasteiger charge is 2.55. The van der Waals surface area contributed by atoms with Gasteiger partial charge < -0.3 is 62.2 Å². The lowest BCUT2D eigenvalue weighted by Gasteiger charge is -2.50. The van der Waals surface area contributed by atoms with Gasteiger partial charge in [0.25, 0.3) is 0 Å². The molecule has 3 heterocycles. The number of likely N-dealkylation sites (N-methyl/N-ethyl adjacent to an activating group) is 1. The van der Waals surface area contributed by atoms with Gasteiger partial charge in [0.05, 0.1) is 37.4 Å². The van der Waals surface area contributed by atoms with E-state index in [1.165, 1.54) is 26.5 Å². The third kappa shape index (κ3) is 17.3. The molecule has 3 aliphatic heterocycles. The molecule has 402 valence electrons. The summed E-state index contributed by atoms with van der Waals surface area (Å²) in [6.45, 7) is 16.0. The standard InChI is InChI=1S/C52H82N2O17/c1-13-41(58)68-39-27-42(59)64-32(4)29-54(24-19-18-22-37-20-16-15-17-21-37)30-40(67-35(7)56)31(3)26-38(23-25-55)48(49(39)62-12)70-51-46(60)45(53(10)11)47(34(6)66-51)69-43-28-52(9,71-36(8)57)44(33(5)65-43)50(61)63-14-2/h15-17,20-21,25,31-34,38-40,43-49,51,60H,13-14,18-19,22-24,26-30H2,1-12H3/t31-,32-,33+,34-,38+,39-,40+,43+,44-,45-,46-,47-,48+,49+,51+,52-/m1/s1. The van der Waals surface area contributed by atoms with Crippen LogP contribution in [0.25, 0.3) is 0 Å². The van der Waals surface area contributed by atoms with Crippen LogP contribution >= 0.6 is 0 Å². The molecule has 3 saturated heterocycles. The summed E-state index contributed by atoms with van der Waals surface area (Å²) >= 11 is 0. The van der Waals surface area contributed by atoms with Crippen LogP contribution in [0.2, 0.25) is 0 Å². The van der Waals surface area contributed by atoms with Crippen molar-refractivity contribution in [3.05, 3.63) is 35.9 Å². The molecule has 0 saturated carbocycles. The third-order valence-electron chi connectivity index (χ3n) is 13.7. The molecule has 1 aromatic rings. The van der Waals surface area contributed by atoms with Crippen molar-refractivity contribution < 1.29 is 81.2 Å². The predicted molar refractivity (Wildman–Crippen MR) is 257 cm³/mol. The number of cyclic esters (lactones) is 1. The van der Waals surface area contributed by atoms with Gasteiger partial charge in [0, 0.05) is 53.3 Å². The molecule has 19 nitrogen and oxygen atoms in total. The number of aliphatic hydroxyl groups excluding tert-OH is 1. The van der Waals surface area contributed by atoms with E-state index in [0.29, 0.717) is 19.6 Å². The summed E-state index contributed by atoms with van der Waals surface area (Å²) < 4.78 is 61.4. The van der Waals surface area contributed by atoms with Crippen LogP contribution < -0.4 is 0 Å². The van der Waals surface area contributed by atoms with Crippen molar-refractivity contribution in [2.24, 2.45) is 17.8 Å². The first kappa shape index (κ1) is 59.5. The number of nitrogens with zero attached hydrogens (tertiary/aromatic N) is 2. The fourth-order valence-electron chi connectivity index (χ4n) is 10.5. The number of rotatable bonds is 19. The van der Waals surface area contributed by atoms with Crippen LogP contribution in [0.5, 0.6) is 0 Å². The summed E-state index contributed by atoms with van der Waals surface area (Å²) in [5.41, 5.74) is -0.153. The van der Waals surface area contributed by atoms with E-state index < -0.39 is 127 Å². The summed E-state index contributed by atoms with van der Waals surface area (Å²) in [7, 11) is 4.86. The van der Waals surface area contributed by atoms with Crippen LogP contribution in [0.3, 0.4) is 0 Å². The van der Waals surface area contributed by atoms with Crippen LogP contribution in [0.15, 0.2) is 30.3 Å². The largest absolute Gasteiger partial charge is 0.466 e. The molecule has 1 aromatic carbocycles. The molecule has 0 aliphatic carbocycles. The maximum Gasteiger partial charge on any atom is 0.315 e. The Morgan fingerprint density at radius 2 is 1.61 bits per heavy atom. The van der Waals surface area contributed by atoms with E-state index in [9.17, 15) is 33.9 Å². The van der Waals surface area contributed by atoms with Gasteiger partial charge in [-0.15, -0.1) is 0 Å². The number of benzene rings is 1. The number of hydrogen-bond acceptors (Lipinski definition) is 19. The molecule has 4 rings (SSSR count). The molecule has 71 heavy (non-hydrogen) atoms. The second-order valence-electron chi connectivity index (χ2n) is 19.8. The maximum absolute atomic E-state index is 13.9. The minimum Gasteiger partial charge on any atom is -0.466 e. The van der Waals surface area contributed by atoms with Gasteiger partial charge in [-0.1, -0.05) is 44.2 Å². The Balaban J connectivity index is 1.71. The highest BCUT2D eigenvalue weighted by molar-refractivity contribution is 5.76. The third-order valence-corrected chi connectivity index (χ3v) is 13.7. The molecule has 0 bridgehead atoms. The van der Waals surface area contributed by atoms with Gasteiger partial charge >= 0.3 is 29.8 Å². The molecule has 19 heteroatoms. The fourth-order valence-corrected chi connectivity index (χ4v) is 10.5. The van der Waals surface area contributed by atoms with E-state index in [1.54, 1.807) is 60.5 Å². The molecule has 0 aromatic heterocycles. The molecule has 0 unspecified atom stereocenters. The highest BCUT2D eigenvalue weighted by atomic mass is 16.7. The average Bonchev–Trinajstić information content (AvgIpc) is 3.27. The molecule has 16 atom stereocenters. The quantitative estimate of drug-likeness (QED) is 0.0867. The van der Waals surface area contributed by atoms with E-state index in [-0.39, 0.29) is 38.2 Å². The summed E-state index contributed by atoms with van der Waals surface area (Å²) in [5.74, 6) is -5.06. The summed E-state index contributed by atoms with van der Waals surface area (Å²) in [6.07, 6.45) is -8.48. The molecule has 0 radical (unpaired) electrons. The predicted octanol–water partition coefficient (Wildman–Crippen LogP) is 4.59. The van der Waals surface area contributed by atoms with Gasteiger partial charge in [0.1, 0.15) is 54.4 Å². The van der Waals surface area contributed by atoms with Crippen molar-refractivity contribution >= 4 is 36.1 Å². The van der Waals surface area contributed by atoms with Gasteiger partial charge in [0.15, 0.2) is 12.6 Å². The number of carbonyl (C=O) groups is 6. The lowest BCUT2D eigenvalue weighted by atomic mass is 9.79. The van der Waals surface area contributed by atoms with E-state index >= 15 is 0 Å². The van der Waals surface area contributed by atoms with Crippen molar-refractivity contribution in [2.45, 2.75) is 193 Å². The number of aliphatic hydroxyl groups is 1. The normalized spacial score (nSPS) is 34.6. The Morgan fingerprint density at radius 1 is 0.901 bits per heavy atom. The van der Waals surface area contributed by atoms with Crippen molar-refractivity contribution in [3.63, 3.8) is 0 Å². The SMILES string of the molecule is CCOC(=O)[C@H]1[C@H](C)O[C@@H](O[C@H]2[C@H](N(C)C)[C@@H](O)[C@H](O[C@H]3[C@@H](CC=O)C[C@@H](C)[C@@H](OC(C)=O)CN(CCCCc4ccccc4)C[C@@H](C)OC(=O)C[C@@H](OC(=O)CC)[C@@H]3OC)O[C@@H]2C)C[C@@]1(C)OC(C)=O. The zero-order valence-corrected chi connectivity index (χ0v) is 44.0. The second kappa shape index (κ2) is 28.4. The molecule has 0 spiro atoms. The van der Waals surface area contributed by atoms with Crippen molar-refractivity contribution in [1.29, 1.82) is 0 Å². The number of aldehydes is 1. The maximum atomic E-state index is 13.9. The number of aryl methyl sites for hydroxylation is 1. The Labute approximate surface area is 420 Å². The minimum atomic E-state index is -1.45. The minimum absolute atomic E-state index is 0.0249. The molecular weight excluding hydrogens is 925 g/mol. The Bertz CT molecular complexity index is 1850. The van der Waals surface area contributed by atoms with Gasteiger partial charge in [-0.25, -0.2) is 0 Å². The van der Waals surface area contributed by atoms with Crippen molar-refractivity contribution in [3.8, 4) is 0 Å². The van der Waals surface area contributed by atoms with Crippen LogP contribution in [-0.2, 0) is 82.6 Å². The summed E-state index contributed by atoms with van der Waals surface area (Å²) in [5, 5.41) is 12.4. The number of hydrogen-bond donors (Lipinski definition) is 1. The lowest BCUT2D eigenvalue weighted by Crippen LogP contribution is -2.66. The monoisotopic (exact) mass is 1010 g/mol. The van der Waals surface area contributed by atoms with Crippen molar-refractivity contribution in [1.82, 2.24) is 9.80 Å². The van der Waals surface area contributed by atoms with Gasteiger partial charge in [0.2, 0.25) is 0 Å². The van der Waals surface area contributed by atoms with Crippen LogP contribution in [0.4, 0.5) is 0 Å². The number of unbranched alkanes of at least 4 members (excludes halogenated alkanes) is 1. The topological polar surface area (TPSA) is 221 Å². The lowest BCUT2D eigenvalue weighted by molar-refractivity contribution is -0.341. The second-order valence-corrected chi connectivity index (χ2v) is 19.8. The van der Waals surface area contributed by atoms with E-state index in [1.807, 2.05) is 25.1 Å². The number of ether oxygens (including phenoxy) is 10. The van der Waals surface area contributed by atoms with Crippen LogP contribution in [0, 0.1) is 17.8 Å². The van der Waals surface area contributed by atoms with Gasteiger partial charge in [-0.05, 0) is 98.3 Å². The molecular formula is C52H82N2O17. The fraction of sp³-hybridized carbons (Fsp3) is 0.769. The summed E-state index contributed by atoms with van der Waals surface area (Å²) in [6, 6.07) is 9.33. The molecule has 0 amide bonds. The molecule has 1 N–H and O–H groups in total. The first-order chi connectivity index (χ1) is 33.6. The van der Waals surface area contributed by atoms with E-state index in [2.05, 4.69) is 17.0 Å². The van der Waals surface area contributed by atoms with E-state index in [0.717, 1.165) is 25.5 Å². The number of esters is 5. The average molecular weight is 1010 g/mol. The van der Waals surface area contributed by atoms with Gasteiger partial charge in [-0.2, -0.15) is 0 Å². The molecule has 3 aliphatic rings. The van der Waals surface area contributed by atoms with E-state index in [4.69, 9.17) is 47.4 Å². The van der Waals surface area contributed by atoms with Crippen molar-refractivity contribution in [2.75, 3.05) is 47.4 Å². The van der Waals surface area contributed by atoms with Gasteiger partial charge in [-0.3, -0.25) is 28.9 Å². The Hall–Kier alpha value is -4.08. The highest BCUT2D eigenvalue weighted by Crippen LogP contribution is 2.41. The first-order valence-corrected chi connectivity index (χ1v) is 25.3. The zero-order chi connectivity index (χ0) is 52.6. The summed E-state index contributed by atoms with van der Waals surface area (Å²) in [4.78, 5) is 82.0. The Kier molecular flexibility index (Phi) is 23.8. The smallest absolute Gasteiger partial charge is 0.315 e. The number of methoxy groups -OCH3 is 1. The molecule has 3 fully saturated rings. The van der Waals surface area contributed by atoms with Crippen LogP contribution in [-0.4, -0.2) is 178 Å². The first-order valence-electron chi connectivity index (χ1n) is 25.3. The zero-order valence-electron chi connectivity index (χ0n) is 44.0. The number of carbonyl (C=O) groups excluding carboxylic acids is 6. The van der Waals surface area contributed by atoms with Crippen LogP contribution in [0.1, 0.15) is 113 Å². The Morgan fingerprint density at radius 3 is 2.21 bits per heavy atom.